The first-order valence-corrected chi connectivity index (χ1v) is 6.20. The SMILES string of the molecule is O=c1cc(-c2ccc(F)cc2F)[nH]c2cc(Cl)ccc12. The van der Waals surface area contributed by atoms with E-state index in [0.717, 1.165) is 12.1 Å². The molecule has 2 aromatic carbocycles. The molecule has 5 heteroatoms. The van der Waals surface area contributed by atoms with E-state index in [0.29, 0.717) is 15.9 Å². The summed E-state index contributed by atoms with van der Waals surface area (Å²) in [5, 5.41) is 0.922. The summed E-state index contributed by atoms with van der Waals surface area (Å²) in [6, 6.07) is 9.27. The van der Waals surface area contributed by atoms with Crippen LogP contribution in [-0.4, -0.2) is 4.98 Å². The van der Waals surface area contributed by atoms with Gasteiger partial charge < -0.3 is 4.98 Å². The number of halogens is 3. The summed E-state index contributed by atoms with van der Waals surface area (Å²) in [5.74, 6) is -1.40. The predicted molar refractivity (Wildman–Crippen MR) is 74.9 cm³/mol. The second-order valence-corrected chi connectivity index (χ2v) is 4.80. The number of pyridine rings is 1. The Morgan fingerprint density at radius 2 is 1.80 bits per heavy atom. The van der Waals surface area contributed by atoms with Crippen molar-refractivity contribution >= 4 is 22.5 Å². The van der Waals surface area contributed by atoms with E-state index < -0.39 is 11.6 Å². The van der Waals surface area contributed by atoms with Gasteiger partial charge in [-0.1, -0.05) is 11.6 Å². The van der Waals surface area contributed by atoms with Crippen LogP contribution in [0.3, 0.4) is 0 Å². The molecule has 0 aliphatic rings. The summed E-state index contributed by atoms with van der Waals surface area (Å²) in [7, 11) is 0. The quantitative estimate of drug-likeness (QED) is 0.718. The molecule has 100 valence electrons. The largest absolute Gasteiger partial charge is 0.354 e. The standard InChI is InChI=1S/C15H8ClF2NO/c16-8-1-3-11-13(5-8)19-14(7-15(11)20)10-4-2-9(17)6-12(10)18/h1-7H,(H,19,20). The molecule has 0 aliphatic heterocycles. The minimum atomic E-state index is -0.734. The lowest BCUT2D eigenvalue weighted by molar-refractivity contribution is 0.585. The van der Waals surface area contributed by atoms with E-state index in [1.54, 1.807) is 18.2 Å². The van der Waals surface area contributed by atoms with Crippen molar-refractivity contribution in [3.8, 4) is 11.3 Å². The highest BCUT2D eigenvalue weighted by molar-refractivity contribution is 6.31. The van der Waals surface area contributed by atoms with Crippen LogP contribution in [0, 0.1) is 11.6 Å². The number of rotatable bonds is 1. The molecule has 0 atom stereocenters. The summed E-state index contributed by atoms with van der Waals surface area (Å²) in [6.07, 6.45) is 0. The third-order valence-electron chi connectivity index (χ3n) is 3.01. The van der Waals surface area contributed by atoms with E-state index in [1.165, 1.54) is 12.1 Å². The van der Waals surface area contributed by atoms with E-state index in [-0.39, 0.29) is 16.7 Å². The van der Waals surface area contributed by atoms with Crippen molar-refractivity contribution in [1.29, 1.82) is 0 Å². The molecule has 20 heavy (non-hydrogen) atoms. The molecule has 0 saturated carbocycles. The fourth-order valence-electron chi connectivity index (χ4n) is 2.08. The summed E-state index contributed by atoms with van der Waals surface area (Å²) >= 11 is 5.88. The molecular weight excluding hydrogens is 284 g/mol. The third-order valence-corrected chi connectivity index (χ3v) is 3.25. The molecule has 3 aromatic rings. The van der Waals surface area contributed by atoms with Crippen molar-refractivity contribution in [2.45, 2.75) is 0 Å². The van der Waals surface area contributed by atoms with Crippen molar-refractivity contribution in [2.75, 3.05) is 0 Å². The predicted octanol–water partition coefficient (Wildman–Crippen LogP) is 4.13. The second-order valence-electron chi connectivity index (χ2n) is 4.36. The topological polar surface area (TPSA) is 32.9 Å². The Labute approximate surface area is 117 Å². The zero-order valence-electron chi connectivity index (χ0n) is 10.1. The normalized spacial score (nSPS) is 10.9. The van der Waals surface area contributed by atoms with Gasteiger partial charge >= 0.3 is 0 Å². The van der Waals surface area contributed by atoms with Gasteiger partial charge in [-0.25, -0.2) is 8.78 Å². The average molecular weight is 292 g/mol. The minimum absolute atomic E-state index is 0.130. The number of hydrogen-bond donors (Lipinski definition) is 1. The Kier molecular flexibility index (Phi) is 3.03. The molecule has 3 rings (SSSR count). The maximum absolute atomic E-state index is 13.8. The molecule has 0 bridgehead atoms. The Morgan fingerprint density at radius 3 is 2.55 bits per heavy atom. The van der Waals surface area contributed by atoms with Gasteiger partial charge in [0.15, 0.2) is 5.43 Å². The Balaban J connectivity index is 2.29. The third kappa shape index (κ3) is 2.18. The van der Waals surface area contributed by atoms with Crippen molar-refractivity contribution in [1.82, 2.24) is 4.98 Å². The Bertz CT molecular complexity index is 873. The number of hydrogen-bond acceptors (Lipinski definition) is 1. The van der Waals surface area contributed by atoms with Crippen LogP contribution in [-0.2, 0) is 0 Å². The van der Waals surface area contributed by atoms with Crippen molar-refractivity contribution in [3.05, 3.63) is 69.3 Å². The highest BCUT2D eigenvalue weighted by Crippen LogP contribution is 2.23. The van der Waals surface area contributed by atoms with Crippen LogP contribution in [0.1, 0.15) is 0 Å². The van der Waals surface area contributed by atoms with Gasteiger partial charge in [0.25, 0.3) is 0 Å². The van der Waals surface area contributed by atoms with Crippen LogP contribution in [0.2, 0.25) is 5.02 Å². The zero-order valence-corrected chi connectivity index (χ0v) is 10.8. The van der Waals surface area contributed by atoms with Gasteiger partial charge in [0, 0.05) is 28.1 Å². The molecule has 0 unspecified atom stereocenters. The molecule has 1 heterocycles. The van der Waals surface area contributed by atoms with Gasteiger partial charge in [-0.15, -0.1) is 0 Å². The van der Waals surface area contributed by atoms with Crippen LogP contribution >= 0.6 is 11.6 Å². The fourth-order valence-corrected chi connectivity index (χ4v) is 2.25. The van der Waals surface area contributed by atoms with Crippen molar-refractivity contribution < 1.29 is 8.78 Å². The maximum atomic E-state index is 13.8. The van der Waals surface area contributed by atoms with E-state index in [2.05, 4.69) is 4.98 Å². The number of H-pyrrole nitrogens is 1. The molecule has 0 aliphatic carbocycles. The van der Waals surface area contributed by atoms with Gasteiger partial charge in [0.05, 0.1) is 11.2 Å². The summed E-state index contributed by atoms with van der Waals surface area (Å²) < 4.78 is 26.7. The first kappa shape index (κ1) is 12.8. The monoisotopic (exact) mass is 291 g/mol. The molecule has 1 N–H and O–H groups in total. The van der Waals surface area contributed by atoms with E-state index in [4.69, 9.17) is 11.6 Å². The van der Waals surface area contributed by atoms with Gasteiger partial charge in [-0.2, -0.15) is 0 Å². The second kappa shape index (κ2) is 4.72. The molecule has 2 nitrogen and oxygen atoms in total. The Hall–Kier alpha value is -2.20. The van der Waals surface area contributed by atoms with Crippen LogP contribution in [0.5, 0.6) is 0 Å². The number of fused-ring (bicyclic) bond motifs is 1. The summed E-state index contributed by atoms with van der Waals surface area (Å²) in [4.78, 5) is 14.9. The summed E-state index contributed by atoms with van der Waals surface area (Å²) in [6.45, 7) is 0. The minimum Gasteiger partial charge on any atom is -0.354 e. The smallest absolute Gasteiger partial charge is 0.190 e. The fraction of sp³-hybridized carbons (Fsp3) is 0. The van der Waals surface area contributed by atoms with Gasteiger partial charge in [0.1, 0.15) is 11.6 Å². The van der Waals surface area contributed by atoms with Crippen LogP contribution < -0.4 is 5.43 Å². The van der Waals surface area contributed by atoms with Gasteiger partial charge in [-0.3, -0.25) is 4.79 Å². The number of aromatic nitrogens is 1. The van der Waals surface area contributed by atoms with Crippen LogP contribution in [0.4, 0.5) is 8.78 Å². The first-order valence-electron chi connectivity index (χ1n) is 5.82. The highest BCUT2D eigenvalue weighted by atomic mass is 35.5. The molecular formula is C15H8ClF2NO. The lowest BCUT2D eigenvalue weighted by Gasteiger charge is -2.06. The lowest BCUT2D eigenvalue weighted by Crippen LogP contribution is -2.03. The first-order chi connectivity index (χ1) is 9.54. The number of nitrogens with one attached hydrogen (secondary N) is 1. The average Bonchev–Trinajstić information content (AvgIpc) is 2.37. The maximum Gasteiger partial charge on any atom is 0.190 e. The Morgan fingerprint density at radius 1 is 1.00 bits per heavy atom. The molecule has 0 spiro atoms. The number of aromatic amines is 1. The number of benzene rings is 2. The zero-order chi connectivity index (χ0) is 14.3. The van der Waals surface area contributed by atoms with Crippen molar-refractivity contribution in [3.63, 3.8) is 0 Å². The molecule has 0 saturated heterocycles. The van der Waals surface area contributed by atoms with Crippen LogP contribution in [0.25, 0.3) is 22.2 Å². The molecule has 0 fully saturated rings. The lowest BCUT2D eigenvalue weighted by atomic mass is 10.1. The van der Waals surface area contributed by atoms with Gasteiger partial charge in [0.2, 0.25) is 0 Å². The summed E-state index contributed by atoms with van der Waals surface area (Å²) in [5.41, 5.74) is 0.658. The highest BCUT2D eigenvalue weighted by Gasteiger charge is 2.09. The van der Waals surface area contributed by atoms with E-state index in [9.17, 15) is 13.6 Å². The molecule has 0 amide bonds. The molecule has 0 radical (unpaired) electrons. The molecule has 1 aromatic heterocycles. The van der Waals surface area contributed by atoms with E-state index in [1.807, 2.05) is 0 Å². The van der Waals surface area contributed by atoms with Crippen LogP contribution in [0.15, 0.2) is 47.3 Å². The van der Waals surface area contributed by atoms with Gasteiger partial charge in [-0.05, 0) is 30.3 Å². The van der Waals surface area contributed by atoms with Crippen molar-refractivity contribution in [2.24, 2.45) is 0 Å². The van der Waals surface area contributed by atoms with E-state index >= 15 is 0 Å².